The van der Waals surface area contributed by atoms with E-state index in [1.807, 2.05) is 17.7 Å². The molecule has 0 aliphatic carbocycles. The first-order chi connectivity index (χ1) is 8.27. The molecule has 0 bridgehead atoms. The van der Waals surface area contributed by atoms with Gasteiger partial charge in [0, 0.05) is 18.9 Å². The van der Waals surface area contributed by atoms with Gasteiger partial charge in [-0.05, 0) is 24.4 Å². The Balaban J connectivity index is 2.30. The topological polar surface area (TPSA) is 63.8 Å². The Kier molecular flexibility index (Phi) is 3.86. The monoisotopic (exact) mass is 252 g/mol. The zero-order valence-electron chi connectivity index (χ0n) is 10.00. The van der Waals surface area contributed by atoms with Crippen LogP contribution in [-0.2, 0) is 13.0 Å². The smallest absolute Gasteiger partial charge is 0.149 e. The third kappa shape index (κ3) is 2.37. The van der Waals surface area contributed by atoms with E-state index in [9.17, 15) is 5.11 Å². The Morgan fingerprint density at radius 3 is 3.00 bits per heavy atom. The van der Waals surface area contributed by atoms with Crippen molar-refractivity contribution in [2.24, 2.45) is 0 Å². The van der Waals surface area contributed by atoms with Crippen molar-refractivity contribution < 1.29 is 5.11 Å². The number of aliphatic hydroxyl groups excluding tert-OH is 1. The molecule has 0 saturated heterocycles. The summed E-state index contributed by atoms with van der Waals surface area (Å²) in [5.74, 6) is 0.674. The largest absolute Gasteiger partial charge is 0.379 e. The third-order valence-electron chi connectivity index (χ3n) is 2.63. The van der Waals surface area contributed by atoms with Crippen LogP contribution in [0.2, 0.25) is 0 Å². The molecule has 17 heavy (non-hydrogen) atoms. The zero-order chi connectivity index (χ0) is 12.3. The Morgan fingerprint density at radius 2 is 2.29 bits per heavy atom. The molecule has 0 aromatic carbocycles. The van der Waals surface area contributed by atoms with Crippen molar-refractivity contribution in [3.8, 4) is 0 Å². The maximum absolute atomic E-state index is 10.3. The molecule has 1 unspecified atom stereocenters. The molecule has 0 aliphatic heterocycles. The highest BCUT2D eigenvalue weighted by Crippen LogP contribution is 2.26. The predicted octanol–water partition coefficient (Wildman–Crippen LogP) is 1.79. The van der Waals surface area contributed by atoms with Crippen LogP contribution in [0.1, 0.15) is 42.8 Å². The van der Waals surface area contributed by atoms with Crippen molar-refractivity contribution in [2.75, 3.05) is 0 Å². The highest BCUT2D eigenvalue weighted by Gasteiger charge is 2.21. The second kappa shape index (κ2) is 5.37. The minimum Gasteiger partial charge on any atom is -0.379 e. The van der Waals surface area contributed by atoms with Gasteiger partial charge in [-0.15, -0.1) is 5.10 Å². The Morgan fingerprint density at radius 1 is 1.47 bits per heavy atom. The van der Waals surface area contributed by atoms with Gasteiger partial charge in [-0.2, -0.15) is 0 Å². The van der Waals surface area contributed by atoms with Gasteiger partial charge < -0.3 is 9.67 Å². The van der Waals surface area contributed by atoms with Crippen LogP contribution < -0.4 is 0 Å². The molecule has 0 saturated carbocycles. The van der Waals surface area contributed by atoms with Crippen LogP contribution in [0.15, 0.2) is 12.4 Å². The summed E-state index contributed by atoms with van der Waals surface area (Å²) in [6, 6.07) is 0. The molecular formula is C11H16N4OS. The average molecular weight is 252 g/mol. The van der Waals surface area contributed by atoms with Crippen LogP contribution in [0.25, 0.3) is 0 Å². The van der Waals surface area contributed by atoms with Crippen LogP contribution in [-0.4, -0.2) is 24.2 Å². The van der Waals surface area contributed by atoms with E-state index in [-0.39, 0.29) is 0 Å². The minimum atomic E-state index is -0.716. The minimum absolute atomic E-state index is 0.674. The molecule has 2 rings (SSSR count). The summed E-state index contributed by atoms with van der Waals surface area (Å²) in [6.45, 7) is 4.97. The van der Waals surface area contributed by atoms with Gasteiger partial charge in [0.2, 0.25) is 0 Å². The molecule has 1 atom stereocenters. The van der Waals surface area contributed by atoms with Gasteiger partial charge in [0.05, 0.1) is 10.6 Å². The van der Waals surface area contributed by atoms with Crippen LogP contribution in [0.3, 0.4) is 0 Å². The van der Waals surface area contributed by atoms with Gasteiger partial charge in [-0.1, -0.05) is 18.3 Å². The summed E-state index contributed by atoms with van der Waals surface area (Å²) in [5, 5.41) is 14.3. The van der Waals surface area contributed by atoms with Crippen LogP contribution in [0.4, 0.5) is 0 Å². The van der Waals surface area contributed by atoms with E-state index in [4.69, 9.17) is 0 Å². The number of hydrogen-bond acceptors (Lipinski definition) is 5. The van der Waals surface area contributed by atoms with E-state index in [1.54, 1.807) is 6.20 Å². The van der Waals surface area contributed by atoms with Gasteiger partial charge >= 0.3 is 0 Å². The number of aromatic nitrogens is 4. The van der Waals surface area contributed by atoms with Gasteiger partial charge in [0.1, 0.15) is 11.9 Å². The second-order valence-corrected chi connectivity index (χ2v) is 4.60. The van der Waals surface area contributed by atoms with Crippen molar-refractivity contribution in [2.45, 2.75) is 39.3 Å². The van der Waals surface area contributed by atoms with E-state index >= 15 is 0 Å². The van der Waals surface area contributed by atoms with E-state index in [0.29, 0.717) is 5.82 Å². The lowest BCUT2D eigenvalue weighted by Gasteiger charge is -2.11. The standard InChI is InChI=1S/C11H16N4OS/c1-3-6-15-7-5-12-11(15)9(16)10-8(4-2)13-14-17-10/h5,7,9,16H,3-4,6H2,1-2H3. The summed E-state index contributed by atoms with van der Waals surface area (Å²) in [6.07, 6.45) is 4.68. The van der Waals surface area contributed by atoms with E-state index in [0.717, 1.165) is 30.0 Å². The van der Waals surface area contributed by atoms with Gasteiger partial charge in [-0.3, -0.25) is 0 Å². The lowest BCUT2D eigenvalue weighted by Crippen LogP contribution is -2.10. The van der Waals surface area contributed by atoms with Crippen molar-refractivity contribution in [3.63, 3.8) is 0 Å². The molecule has 2 aromatic rings. The highest BCUT2D eigenvalue weighted by molar-refractivity contribution is 7.05. The number of hydrogen-bond donors (Lipinski definition) is 1. The quantitative estimate of drug-likeness (QED) is 0.881. The summed E-state index contributed by atoms with van der Waals surface area (Å²) in [5.41, 5.74) is 0.855. The molecule has 6 heteroatoms. The number of aryl methyl sites for hydroxylation is 2. The van der Waals surface area contributed by atoms with Gasteiger partial charge in [0.25, 0.3) is 0 Å². The van der Waals surface area contributed by atoms with E-state index < -0.39 is 6.10 Å². The SMILES string of the molecule is CCCn1ccnc1C(O)c1snnc1CC. The molecule has 0 radical (unpaired) electrons. The highest BCUT2D eigenvalue weighted by atomic mass is 32.1. The average Bonchev–Trinajstić information content (AvgIpc) is 2.96. The fourth-order valence-corrected chi connectivity index (χ4v) is 2.51. The lowest BCUT2D eigenvalue weighted by molar-refractivity contribution is 0.206. The first kappa shape index (κ1) is 12.2. The first-order valence-electron chi connectivity index (χ1n) is 5.78. The second-order valence-electron chi connectivity index (χ2n) is 3.82. The molecule has 2 aromatic heterocycles. The Labute approximate surface area is 104 Å². The fraction of sp³-hybridized carbons (Fsp3) is 0.545. The van der Waals surface area contributed by atoms with Crippen molar-refractivity contribution in [3.05, 3.63) is 28.8 Å². The molecule has 0 amide bonds. The molecule has 5 nitrogen and oxygen atoms in total. The molecule has 0 fully saturated rings. The van der Waals surface area contributed by atoms with E-state index in [2.05, 4.69) is 21.5 Å². The molecular weight excluding hydrogens is 236 g/mol. The summed E-state index contributed by atoms with van der Waals surface area (Å²) in [4.78, 5) is 5.03. The first-order valence-corrected chi connectivity index (χ1v) is 6.55. The third-order valence-corrected chi connectivity index (χ3v) is 3.44. The van der Waals surface area contributed by atoms with Gasteiger partial charge in [0.15, 0.2) is 0 Å². The normalized spacial score (nSPS) is 12.9. The van der Waals surface area contributed by atoms with Crippen LogP contribution in [0.5, 0.6) is 0 Å². The van der Waals surface area contributed by atoms with Crippen molar-refractivity contribution >= 4 is 11.5 Å². The zero-order valence-corrected chi connectivity index (χ0v) is 10.8. The number of rotatable bonds is 5. The van der Waals surface area contributed by atoms with E-state index in [1.165, 1.54) is 11.5 Å². The van der Waals surface area contributed by atoms with Crippen LogP contribution in [0, 0.1) is 0 Å². The number of aliphatic hydroxyl groups is 1. The Bertz CT molecular complexity index is 479. The summed E-state index contributed by atoms with van der Waals surface area (Å²) >= 11 is 1.24. The Hall–Kier alpha value is -1.27. The molecule has 92 valence electrons. The molecule has 0 aliphatic rings. The maximum atomic E-state index is 10.3. The number of imidazole rings is 1. The van der Waals surface area contributed by atoms with Crippen molar-refractivity contribution in [1.82, 2.24) is 19.1 Å². The van der Waals surface area contributed by atoms with Crippen molar-refractivity contribution in [1.29, 1.82) is 0 Å². The fourth-order valence-electron chi connectivity index (χ4n) is 1.78. The molecule has 1 N–H and O–H groups in total. The van der Waals surface area contributed by atoms with Gasteiger partial charge in [-0.25, -0.2) is 4.98 Å². The summed E-state index contributed by atoms with van der Waals surface area (Å²) in [7, 11) is 0. The number of nitrogens with zero attached hydrogens (tertiary/aromatic N) is 4. The maximum Gasteiger partial charge on any atom is 0.149 e. The lowest BCUT2D eigenvalue weighted by atomic mass is 10.2. The predicted molar refractivity (Wildman–Crippen MR) is 65.9 cm³/mol. The van der Waals surface area contributed by atoms with Crippen LogP contribution >= 0.6 is 11.5 Å². The summed E-state index contributed by atoms with van der Waals surface area (Å²) < 4.78 is 5.87. The molecule has 2 heterocycles. The molecule has 0 spiro atoms.